The molecule has 0 radical (unpaired) electrons. The first-order valence-corrected chi connectivity index (χ1v) is 8.50. The van der Waals surface area contributed by atoms with Crippen LogP contribution in [0.3, 0.4) is 0 Å². The number of hydrogen-bond donors (Lipinski definition) is 2. The Kier molecular flexibility index (Phi) is 3.94. The van der Waals surface area contributed by atoms with Gasteiger partial charge in [0.05, 0.1) is 22.2 Å². The van der Waals surface area contributed by atoms with Gasteiger partial charge in [-0.2, -0.15) is 4.98 Å². The summed E-state index contributed by atoms with van der Waals surface area (Å²) >= 11 is 6.28. The number of aromatic nitrogens is 3. The number of pyridine rings is 1. The van der Waals surface area contributed by atoms with Crippen molar-refractivity contribution in [2.24, 2.45) is 0 Å². The van der Waals surface area contributed by atoms with E-state index in [1.54, 1.807) is 12.1 Å². The van der Waals surface area contributed by atoms with Crippen LogP contribution in [-0.2, 0) is 0 Å². The van der Waals surface area contributed by atoms with E-state index in [0.717, 1.165) is 11.1 Å². The smallest absolute Gasteiger partial charge is 0.355 e. The van der Waals surface area contributed by atoms with Crippen LogP contribution < -0.4 is 11.0 Å². The monoisotopic (exact) mass is 356 g/mol. The maximum Gasteiger partial charge on any atom is 0.355 e. The largest absolute Gasteiger partial charge is 0.393 e. The van der Waals surface area contributed by atoms with Crippen molar-refractivity contribution in [2.45, 2.75) is 31.9 Å². The van der Waals surface area contributed by atoms with Gasteiger partial charge in [0.2, 0.25) is 0 Å². The van der Waals surface area contributed by atoms with Gasteiger partial charge in [-0.05, 0) is 44.0 Å². The second kappa shape index (κ2) is 6.13. The molecule has 7 heteroatoms. The summed E-state index contributed by atoms with van der Waals surface area (Å²) in [7, 11) is 0. The highest BCUT2D eigenvalue weighted by Gasteiger charge is 2.28. The first-order chi connectivity index (χ1) is 12.0. The molecule has 0 amide bonds. The molecular weight excluding hydrogens is 340 g/mol. The maximum atomic E-state index is 12.7. The van der Waals surface area contributed by atoms with Crippen molar-refractivity contribution in [1.29, 1.82) is 0 Å². The fraction of sp³-hybridized carbons (Fsp3) is 0.278. The highest BCUT2D eigenvalue weighted by Crippen LogP contribution is 2.28. The highest BCUT2D eigenvalue weighted by molar-refractivity contribution is 6.32. The fourth-order valence-electron chi connectivity index (χ4n) is 3.05. The average Bonchev–Trinajstić information content (AvgIpc) is 2.54. The Labute approximate surface area is 149 Å². The van der Waals surface area contributed by atoms with Gasteiger partial charge in [-0.3, -0.25) is 0 Å². The SMILES string of the molecule is Cc1ccc2c(NC3CC(O)C3)nc(=O)n(-c3ccccc3Cl)c2n1. The molecule has 1 aromatic carbocycles. The van der Waals surface area contributed by atoms with E-state index >= 15 is 0 Å². The summed E-state index contributed by atoms with van der Waals surface area (Å²) in [5, 5.41) is 13.9. The molecule has 2 heterocycles. The van der Waals surface area contributed by atoms with Gasteiger partial charge in [0.15, 0.2) is 5.65 Å². The Bertz CT molecular complexity index is 1010. The van der Waals surface area contributed by atoms with E-state index in [1.807, 2.05) is 31.2 Å². The lowest BCUT2D eigenvalue weighted by Crippen LogP contribution is -2.40. The molecule has 0 atom stereocenters. The van der Waals surface area contributed by atoms with Crippen LogP contribution >= 0.6 is 11.6 Å². The van der Waals surface area contributed by atoms with Crippen molar-refractivity contribution in [1.82, 2.24) is 14.5 Å². The van der Waals surface area contributed by atoms with Crippen molar-refractivity contribution in [3.05, 3.63) is 57.6 Å². The molecule has 6 nitrogen and oxygen atoms in total. The molecule has 4 rings (SSSR count). The summed E-state index contributed by atoms with van der Waals surface area (Å²) < 4.78 is 1.44. The normalized spacial score (nSPS) is 19.6. The summed E-state index contributed by atoms with van der Waals surface area (Å²) in [6.07, 6.45) is 1.01. The zero-order valence-corrected chi connectivity index (χ0v) is 14.4. The number of aliphatic hydroxyl groups is 1. The number of nitrogens with zero attached hydrogens (tertiary/aromatic N) is 3. The predicted octanol–water partition coefficient (Wildman–Crippen LogP) is 2.68. The second-order valence-electron chi connectivity index (χ2n) is 6.32. The molecule has 0 spiro atoms. The summed E-state index contributed by atoms with van der Waals surface area (Å²) in [4.78, 5) is 21.5. The summed E-state index contributed by atoms with van der Waals surface area (Å²) in [5.74, 6) is 0.493. The molecule has 3 aromatic rings. The third kappa shape index (κ3) is 2.88. The van der Waals surface area contributed by atoms with Crippen molar-refractivity contribution in [3.8, 4) is 5.69 Å². The first kappa shape index (κ1) is 16.1. The van der Waals surface area contributed by atoms with Gasteiger partial charge in [-0.15, -0.1) is 0 Å². The Morgan fingerprint density at radius 2 is 1.96 bits per heavy atom. The van der Waals surface area contributed by atoms with Gasteiger partial charge >= 0.3 is 5.69 Å². The second-order valence-corrected chi connectivity index (χ2v) is 6.73. The number of benzene rings is 1. The molecule has 2 N–H and O–H groups in total. The van der Waals surface area contributed by atoms with Crippen molar-refractivity contribution < 1.29 is 5.11 Å². The zero-order chi connectivity index (χ0) is 17.6. The number of fused-ring (bicyclic) bond motifs is 1. The predicted molar refractivity (Wildman–Crippen MR) is 97.5 cm³/mol. The third-order valence-electron chi connectivity index (χ3n) is 4.43. The fourth-order valence-corrected chi connectivity index (χ4v) is 3.27. The zero-order valence-electron chi connectivity index (χ0n) is 13.6. The maximum absolute atomic E-state index is 12.7. The van der Waals surface area contributed by atoms with E-state index in [0.29, 0.717) is 35.0 Å². The molecule has 0 unspecified atom stereocenters. The number of aliphatic hydroxyl groups excluding tert-OH is 1. The van der Waals surface area contributed by atoms with E-state index in [9.17, 15) is 9.90 Å². The van der Waals surface area contributed by atoms with E-state index in [1.165, 1.54) is 4.57 Å². The lowest BCUT2D eigenvalue weighted by atomic mass is 9.89. The number of halogens is 1. The Morgan fingerprint density at radius 3 is 2.68 bits per heavy atom. The van der Waals surface area contributed by atoms with Crippen LogP contribution in [-0.4, -0.2) is 31.8 Å². The highest BCUT2D eigenvalue weighted by atomic mass is 35.5. The van der Waals surface area contributed by atoms with Gasteiger partial charge in [0.1, 0.15) is 5.82 Å². The molecular formula is C18H17ClN4O2. The summed E-state index contributed by atoms with van der Waals surface area (Å²) in [6.45, 7) is 1.87. The van der Waals surface area contributed by atoms with Crippen molar-refractivity contribution in [2.75, 3.05) is 5.32 Å². The number of nitrogens with one attached hydrogen (secondary N) is 1. The Balaban J connectivity index is 1.93. The van der Waals surface area contributed by atoms with E-state index in [2.05, 4.69) is 15.3 Å². The molecule has 1 fully saturated rings. The van der Waals surface area contributed by atoms with Crippen LogP contribution in [0.25, 0.3) is 16.7 Å². The van der Waals surface area contributed by atoms with Gasteiger partial charge in [0, 0.05) is 11.7 Å². The van der Waals surface area contributed by atoms with Crippen molar-refractivity contribution in [3.63, 3.8) is 0 Å². The molecule has 1 aliphatic rings. The first-order valence-electron chi connectivity index (χ1n) is 8.13. The van der Waals surface area contributed by atoms with Crippen LogP contribution in [0, 0.1) is 6.92 Å². The molecule has 1 aliphatic carbocycles. The van der Waals surface area contributed by atoms with E-state index < -0.39 is 5.69 Å². The Hall–Kier alpha value is -2.44. The standard InChI is InChI=1S/C18H17ClN4O2/c1-10-6-7-13-16(21-11-8-12(24)9-11)22-18(25)23(17(13)20-10)15-5-3-2-4-14(15)19/h2-7,11-12,24H,8-9H2,1H3,(H,21,22,25). The van der Waals surface area contributed by atoms with Crippen LogP contribution in [0.2, 0.25) is 5.02 Å². The van der Waals surface area contributed by atoms with Crippen LogP contribution in [0.5, 0.6) is 0 Å². The quantitative estimate of drug-likeness (QED) is 0.754. The summed E-state index contributed by atoms with van der Waals surface area (Å²) in [5.41, 5.74) is 1.41. The lowest BCUT2D eigenvalue weighted by molar-refractivity contribution is 0.0836. The van der Waals surface area contributed by atoms with Gasteiger partial charge < -0.3 is 10.4 Å². The molecule has 1 saturated carbocycles. The molecule has 0 aliphatic heterocycles. The molecule has 0 saturated heterocycles. The van der Waals surface area contributed by atoms with Gasteiger partial charge in [-0.1, -0.05) is 23.7 Å². The summed E-state index contributed by atoms with van der Waals surface area (Å²) in [6, 6.07) is 11.0. The van der Waals surface area contributed by atoms with E-state index in [-0.39, 0.29) is 12.1 Å². The van der Waals surface area contributed by atoms with Crippen LogP contribution in [0.1, 0.15) is 18.5 Å². The molecule has 0 bridgehead atoms. The molecule has 25 heavy (non-hydrogen) atoms. The number of hydrogen-bond acceptors (Lipinski definition) is 5. The number of aryl methyl sites for hydroxylation is 1. The van der Waals surface area contributed by atoms with Crippen LogP contribution in [0.15, 0.2) is 41.2 Å². The third-order valence-corrected chi connectivity index (χ3v) is 4.75. The van der Waals surface area contributed by atoms with Gasteiger partial charge in [-0.25, -0.2) is 14.3 Å². The number of rotatable bonds is 3. The minimum atomic E-state index is -0.443. The average molecular weight is 357 g/mol. The van der Waals surface area contributed by atoms with Gasteiger partial charge in [0.25, 0.3) is 0 Å². The van der Waals surface area contributed by atoms with E-state index in [4.69, 9.17) is 11.6 Å². The topological polar surface area (TPSA) is 80.0 Å². The lowest BCUT2D eigenvalue weighted by Gasteiger charge is -2.32. The molecule has 2 aromatic heterocycles. The number of anilines is 1. The number of para-hydroxylation sites is 1. The minimum absolute atomic E-state index is 0.113. The van der Waals surface area contributed by atoms with Crippen molar-refractivity contribution >= 4 is 28.5 Å². The van der Waals surface area contributed by atoms with Crippen LogP contribution in [0.4, 0.5) is 5.82 Å². The molecule has 128 valence electrons. The Morgan fingerprint density at radius 1 is 1.20 bits per heavy atom. The minimum Gasteiger partial charge on any atom is -0.393 e.